The Hall–Kier alpha value is -1.55. The number of anilines is 1. The van der Waals surface area contributed by atoms with E-state index >= 15 is 0 Å². The van der Waals surface area contributed by atoms with Gasteiger partial charge in [-0.3, -0.25) is 4.98 Å². The number of aromatic nitrogens is 1. The number of ether oxygens (including phenoxy) is 1. The Morgan fingerprint density at radius 3 is 2.62 bits per heavy atom. The summed E-state index contributed by atoms with van der Waals surface area (Å²) in [6.45, 7) is 0.432. The summed E-state index contributed by atoms with van der Waals surface area (Å²) < 4.78 is 6.62. The van der Waals surface area contributed by atoms with Crippen molar-refractivity contribution in [2.75, 3.05) is 5.73 Å². The van der Waals surface area contributed by atoms with Gasteiger partial charge in [0, 0.05) is 28.1 Å². The average molecular weight is 279 g/mol. The molecule has 16 heavy (non-hydrogen) atoms. The van der Waals surface area contributed by atoms with Gasteiger partial charge >= 0.3 is 0 Å². The predicted octanol–water partition coefficient (Wildman–Crippen LogP) is 3.01. The zero-order valence-electron chi connectivity index (χ0n) is 8.56. The van der Waals surface area contributed by atoms with E-state index < -0.39 is 0 Å². The number of rotatable bonds is 3. The quantitative estimate of drug-likeness (QED) is 0.939. The zero-order valence-corrected chi connectivity index (χ0v) is 10.1. The lowest BCUT2D eigenvalue weighted by atomic mass is 10.2. The summed E-state index contributed by atoms with van der Waals surface area (Å²) in [6.07, 6.45) is 3.38. The van der Waals surface area contributed by atoms with Crippen molar-refractivity contribution in [3.05, 3.63) is 52.8 Å². The van der Waals surface area contributed by atoms with E-state index in [2.05, 4.69) is 20.9 Å². The average Bonchev–Trinajstić information content (AvgIpc) is 2.30. The molecule has 0 saturated heterocycles. The molecule has 0 aliphatic heterocycles. The van der Waals surface area contributed by atoms with E-state index in [1.54, 1.807) is 18.5 Å². The van der Waals surface area contributed by atoms with E-state index in [0.29, 0.717) is 12.3 Å². The van der Waals surface area contributed by atoms with Crippen molar-refractivity contribution in [2.24, 2.45) is 0 Å². The molecule has 0 atom stereocenters. The van der Waals surface area contributed by atoms with Crippen molar-refractivity contribution in [2.45, 2.75) is 6.61 Å². The molecule has 0 fully saturated rings. The minimum atomic E-state index is 0.432. The van der Waals surface area contributed by atoms with Crippen molar-refractivity contribution >= 4 is 21.6 Å². The number of benzene rings is 1. The minimum Gasteiger partial charge on any atom is -0.489 e. The summed E-state index contributed by atoms with van der Waals surface area (Å²) in [5, 5.41) is 0. The van der Waals surface area contributed by atoms with Gasteiger partial charge in [0.2, 0.25) is 0 Å². The van der Waals surface area contributed by atoms with Gasteiger partial charge in [0.05, 0.1) is 0 Å². The number of nitrogens with zero attached hydrogens (tertiary/aromatic N) is 1. The number of nitrogen functional groups attached to an aromatic ring is 1. The fourth-order valence-corrected chi connectivity index (χ4v) is 1.51. The van der Waals surface area contributed by atoms with Gasteiger partial charge in [-0.1, -0.05) is 15.9 Å². The maximum absolute atomic E-state index is 5.78. The van der Waals surface area contributed by atoms with Crippen LogP contribution in [0.4, 0.5) is 5.69 Å². The highest BCUT2D eigenvalue weighted by atomic mass is 79.9. The summed E-state index contributed by atoms with van der Waals surface area (Å²) in [5.74, 6) is 0.812. The molecule has 0 radical (unpaired) electrons. The van der Waals surface area contributed by atoms with Crippen molar-refractivity contribution in [3.63, 3.8) is 0 Å². The second kappa shape index (κ2) is 4.99. The Bertz CT molecular complexity index is 471. The van der Waals surface area contributed by atoms with Gasteiger partial charge in [-0.05, 0) is 30.3 Å². The molecule has 3 nitrogen and oxygen atoms in total. The third-order valence-electron chi connectivity index (χ3n) is 2.15. The van der Waals surface area contributed by atoms with Gasteiger partial charge in [0.25, 0.3) is 0 Å². The molecular weight excluding hydrogens is 268 g/mol. The monoisotopic (exact) mass is 278 g/mol. The summed E-state index contributed by atoms with van der Waals surface area (Å²) in [6, 6.07) is 9.43. The molecule has 0 unspecified atom stereocenters. The predicted molar refractivity (Wildman–Crippen MR) is 67.1 cm³/mol. The number of nitrogens with two attached hydrogens (primary N) is 1. The SMILES string of the molecule is Nc1ccncc1COc1ccc(Br)cc1. The van der Waals surface area contributed by atoms with E-state index in [1.807, 2.05) is 24.3 Å². The van der Waals surface area contributed by atoms with Gasteiger partial charge in [-0.25, -0.2) is 0 Å². The smallest absolute Gasteiger partial charge is 0.119 e. The van der Waals surface area contributed by atoms with Crippen molar-refractivity contribution in [1.82, 2.24) is 4.98 Å². The van der Waals surface area contributed by atoms with Crippen molar-refractivity contribution < 1.29 is 4.74 Å². The lowest BCUT2D eigenvalue weighted by Gasteiger charge is -2.07. The first kappa shape index (κ1) is 11.0. The normalized spacial score (nSPS) is 10.1. The maximum Gasteiger partial charge on any atom is 0.119 e. The molecule has 0 spiro atoms. The van der Waals surface area contributed by atoms with Gasteiger partial charge in [0.15, 0.2) is 0 Å². The summed E-state index contributed by atoms with van der Waals surface area (Å²) >= 11 is 3.37. The minimum absolute atomic E-state index is 0.432. The molecule has 4 heteroatoms. The lowest BCUT2D eigenvalue weighted by molar-refractivity contribution is 0.306. The number of halogens is 1. The molecule has 0 bridgehead atoms. The topological polar surface area (TPSA) is 48.1 Å². The van der Waals surface area contributed by atoms with Crippen molar-refractivity contribution in [1.29, 1.82) is 0 Å². The van der Waals surface area contributed by atoms with Crippen LogP contribution in [0.5, 0.6) is 5.75 Å². The van der Waals surface area contributed by atoms with Gasteiger partial charge in [-0.15, -0.1) is 0 Å². The van der Waals surface area contributed by atoms with Gasteiger partial charge in [0.1, 0.15) is 12.4 Å². The van der Waals surface area contributed by atoms with Gasteiger partial charge < -0.3 is 10.5 Å². The van der Waals surface area contributed by atoms with E-state index in [1.165, 1.54) is 0 Å². The van der Waals surface area contributed by atoms with E-state index in [-0.39, 0.29) is 0 Å². The fraction of sp³-hybridized carbons (Fsp3) is 0.0833. The van der Waals surface area contributed by atoms with Crippen LogP contribution < -0.4 is 10.5 Å². The summed E-state index contributed by atoms with van der Waals surface area (Å²) in [7, 11) is 0. The van der Waals surface area contributed by atoms with Crippen LogP contribution in [0.1, 0.15) is 5.56 Å². The van der Waals surface area contributed by atoms with Crippen LogP contribution >= 0.6 is 15.9 Å². The Kier molecular flexibility index (Phi) is 3.41. The Morgan fingerprint density at radius 1 is 1.19 bits per heavy atom. The summed E-state index contributed by atoms with van der Waals surface area (Å²) in [4.78, 5) is 4.00. The molecule has 1 aromatic heterocycles. The van der Waals surface area contributed by atoms with Crippen LogP contribution in [0.25, 0.3) is 0 Å². The number of hydrogen-bond donors (Lipinski definition) is 1. The second-order valence-electron chi connectivity index (χ2n) is 3.32. The van der Waals surface area contributed by atoms with Crippen molar-refractivity contribution in [3.8, 4) is 5.75 Å². The van der Waals surface area contributed by atoms with Crippen LogP contribution in [0.2, 0.25) is 0 Å². The molecule has 0 aliphatic carbocycles. The van der Waals surface area contributed by atoms with Crippen LogP contribution in [0.15, 0.2) is 47.2 Å². The first-order valence-electron chi connectivity index (χ1n) is 4.82. The summed E-state index contributed by atoms with van der Waals surface area (Å²) in [5.41, 5.74) is 7.38. The molecule has 1 heterocycles. The first-order chi connectivity index (χ1) is 7.75. The molecule has 2 rings (SSSR count). The van der Waals surface area contributed by atoms with E-state index in [0.717, 1.165) is 15.8 Å². The molecule has 2 aromatic rings. The molecular formula is C12H11BrN2O. The highest BCUT2D eigenvalue weighted by Crippen LogP contribution is 2.18. The van der Waals surface area contributed by atoms with Crippen LogP contribution in [-0.2, 0) is 6.61 Å². The first-order valence-corrected chi connectivity index (χ1v) is 5.62. The third kappa shape index (κ3) is 2.73. The Balaban J connectivity index is 2.02. The maximum atomic E-state index is 5.78. The molecule has 1 aromatic carbocycles. The van der Waals surface area contributed by atoms with E-state index in [9.17, 15) is 0 Å². The second-order valence-corrected chi connectivity index (χ2v) is 4.23. The zero-order chi connectivity index (χ0) is 11.4. The highest BCUT2D eigenvalue weighted by Gasteiger charge is 1.99. The van der Waals surface area contributed by atoms with Crippen LogP contribution in [-0.4, -0.2) is 4.98 Å². The Labute approximate surface area is 102 Å². The van der Waals surface area contributed by atoms with Crippen LogP contribution in [0, 0.1) is 0 Å². The van der Waals surface area contributed by atoms with Gasteiger partial charge in [-0.2, -0.15) is 0 Å². The molecule has 0 saturated carbocycles. The molecule has 82 valence electrons. The molecule has 0 amide bonds. The highest BCUT2D eigenvalue weighted by molar-refractivity contribution is 9.10. The molecule has 2 N–H and O–H groups in total. The van der Waals surface area contributed by atoms with E-state index in [4.69, 9.17) is 10.5 Å². The molecule has 0 aliphatic rings. The fourth-order valence-electron chi connectivity index (χ4n) is 1.25. The standard InChI is InChI=1S/C12H11BrN2O/c13-10-1-3-11(4-2-10)16-8-9-7-15-6-5-12(9)14/h1-7H,8H2,(H2,14,15). The largest absolute Gasteiger partial charge is 0.489 e. The third-order valence-corrected chi connectivity index (χ3v) is 2.68. The Morgan fingerprint density at radius 2 is 1.94 bits per heavy atom. The number of pyridine rings is 1. The lowest BCUT2D eigenvalue weighted by Crippen LogP contribution is -2.00. The van der Waals surface area contributed by atoms with Crippen LogP contribution in [0.3, 0.4) is 0 Å². The number of hydrogen-bond acceptors (Lipinski definition) is 3.